The average molecular weight is 152 g/mol. The standard InChI is InChI=1S/C8H12N2O/c1-3-5-7(9)6(4-2)8(10)11/h3-5H,2,9H2,1H3,(H2,10,11)/b5-3-,7-6-. The van der Waals surface area contributed by atoms with Crippen LogP contribution < -0.4 is 11.5 Å². The van der Waals surface area contributed by atoms with Gasteiger partial charge in [-0.3, -0.25) is 4.79 Å². The van der Waals surface area contributed by atoms with E-state index in [-0.39, 0.29) is 5.57 Å². The van der Waals surface area contributed by atoms with E-state index in [0.29, 0.717) is 5.70 Å². The average Bonchev–Trinajstić information content (AvgIpc) is 1.88. The Morgan fingerprint density at radius 1 is 1.45 bits per heavy atom. The minimum atomic E-state index is -0.560. The molecular weight excluding hydrogens is 140 g/mol. The molecule has 3 nitrogen and oxygen atoms in total. The zero-order chi connectivity index (χ0) is 8.85. The van der Waals surface area contributed by atoms with E-state index in [4.69, 9.17) is 11.5 Å². The molecule has 0 saturated carbocycles. The third-order valence-corrected chi connectivity index (χ3v) is 1.13. The predicted molar refractivity (Wildman–Crippen MR) is 45.4 cm³/mol. The zero-order valence-corrected chi connectivity index (χ0v) is 6.50. The number of carbonyl (C=O) groups is 1. The molecule has 0 aromatic carbocycles. The van der Waals surface area contributed by atoms with Crippen LogP contribution in [0.5, 0.6) is 0 Å². The third-order valence-electron chi connectivity index (χ3n) is 1.13. The molecule has 0 fully saturated rings. The van der Waals surface area contributed by atoms with Crippen LogP contribution in [0.1, 0.15) is 6.92 Å². The Kier molecular flexibility index (Phi) is 3.73. The quantitative estimate of drug-likeness (QED) is 0.455. The van der Waals surface area contributed by atoms with Crippen LogP contribution in [0.25, 0.3) is 0 Å². The van der Waals surface area contributed by atoms with Gasteiger partial charge in [0.1, 0.15) is 0 Å². The summed E-state index contributed by atoms with van der Waals surface area (Å²) in [5, 5.41) is 0. The molecule has 0 unspecified atom stereocenters. The van der Waals surface area contributed by atoms with Gasteiger partial charge in [-0.15, -0.1) is 0 Å². The monoisotopic (exact) mass is 152 g/mol. The Morgan fingerprint density at radius 2 is 2.00 bits per heavy atom. The van der Waals surface area contributed by atoms with E-state index >= 15 is 0 Å². The molecular formula is C8H12N2O. The topological polar surface area (TPSA) is 69.1 Å². The molecule has 0 spiro atoms. The summed E-state index contributed by atoms with van der Waals surface area (Å²) in [7, 11) is 0. The SMILES string of the molecule is C=C/C(C(N)=O)=C(N)\C=C/C. The number of amides is 1. The molecule has 0 bridgehead atoms. The van der Waals surface area contributed by atoms with Gasteiger partial charge in [0, 0.05) is 5.70 Å². The number of primary amides is 1. The van der Waals surface area contributed by atoms with Gasteiger partial charge in [0.05, 0.1) is 5.57 Å². The van der Waals surface area contributed by atoms with Crippen molar-refractivity contribution in [2.75, 3.05) is 0 Å². The summed E-state index contributed by atoms with van der Waals surface area (Å²) in [4.78, 5) is 10.6. The van der Waals surface area contributed by atoms with Crippen molar-refractivity contribution in [2.24, 2.45) is 11.5 Å². The second-order valence-electron chi connectivity index (χ2n) is 1.94. The first kappa shape index (κ1) is 9.49. The number of hydrogen-bond acceptors (Lipinski definition) is 2. The van der Waals surface area contributed by atoms with Crippen molar-refractivity contribution in [3.63, 3.8) is 0 Å². The maximum absolute atomic E-state index is 10.6. The van der Waals surface area contributed by atoms with Gasteiger partial charge in [-0.1, -0.05) is 18.7 Å². The maximum atomic E-state index is 10.6. The highest BCUT2D eigenvalue weighted by atomic mass is 16.1. The molecule has 1 amide bonds. The Morgan fingerprint density at radius 3 is 2.27 bits per heavy atom. The van der Waals surface area contributed by atoms with E-state index in [1.807, 2.05) is 0 Å². The van der Waals surface area contributed by atoms with Crippen molar-refractivity contribution in [1.82, 2.24) is 0 Å². The van der Waals surface area contributed by atoms with Crippen LogP contribution in [0, 0.1) is 0 Å². The molecule has 0 aromatic rings. The van der Waals surface area contributed by atoms with Crippen LogP contribution in [0.15, 0.2) is 36.1 Å². The number of rotatable bonds is 3. The first-order valence-corrected chi connectivity index (χ1v) is 3.18. The highest BCUT2D eigenvalue weighted by molar-refractivity contribution is 5.95. The van der Waals surface area contributed by atoms with Crippen LogP contribution in [0.2, 0.25) is 0 Å². The van der Waals surface area contributed by atoms with Crippen LogP contribution in [0.4, 0.5) is 0 Å². The number of carbonyl (C=O) groups excluding carboxylic acids is 1. The van der Waals surface area contributed by atoms with E-state index in [0.717, 1.165) is 0 Å². The van der Waals surface area contributed by atoms with Crippen LogP contribution in [-0.2, 0) is 4.79 Å². The molecule has 0 radical (unpaired) electrons. The summed E-state index contributed by atoms with van der Waals surface area (Å²) in [6, 6.07) is 0. The van der Waals surface area contributed by atoms with Gasteiger partial charge < -0.3 is 11.5 Å². The molecule has 0 heterocycles. The molecule has 0 atom stereocenters. The van der Waals surface area contributed by atoms with Gasteiger partial charge in [-0.25, -0.2) is 0 Å². The van der Waals surface area contributed by atoms with Crippen LogP contribution >= 0.6 is 0 Å². The normalized spacial score (nSPS) is 12.8. The lowest BCUT2D eigenvalue weighted by atomic mass is 10.2. The summed E-state index contributed by atoms with van der Waals surface area (Å²) in [5.41, 5.74) is 11.1. The highest BCUT2D eigenvalue weighted by Gasteiger charge is 2.02. The minimum absolute atomic E-state index is 0.253. The maximum Gasteiger partial charge on any atom is 0.250 e. The fourth-order valence-corrected chi connectivity index (χ4v) is 0.630. The van der Waals surface area contributed by atoms with Crippen molar-refractivity contribution < 1.29 is 4.79 Å². The summed E-state index contributed by atoms with van der Waals surface area (Å²) < 4.78 is 0. The highest BCUT2D eigenvalue weighted by Crippen LogP contribution is 2.00. The zero-order valence-electron chi connectivity index (χ0n) is 6.50. The van der Waals surface area contributed by atoms with Crippen molar-refractivity contribution in [1.29, 1.82) is 0 Å². The summed E-state index contributed by atoms with van der Waals surface area (Å²) >= 11 is 0. The molecule has 0 aromatic heterocycles. The molecule has 0 aliphatic rings. The molecule has 0 rings (SSSR count). The van der Waals surface area contributed by atoms with Crippen molar-refractivity contribution in [3.8, 4) is 0 Å². The first-order valence-electron chi connectivity index (χ1n) is 3.18. The van der Waals surface area contributed by atoms with E-state index in [9.17, 15) is 4.79 Å². The van der Waals surface area contributed by atoms with Crippen molar-refractivity contribution in [2.45, 2.75) is 6.92 Å². The Balaban J connectivity index is 4.82. The molecule has 3 heteroatoms. The molecule has 60 valence electrons. The summed E-state index contributed by atoms with van der Waals surface area (Å²) in [5.74, 6) is -0.560. The van der Waals surface area contributed by atoms with Gasteiger partial charge in [0.2, 0.25) is 0 Å². The van der Waals surface area contributed by atoms with Crippen molar-refractivity contribution >= 4 is 5.91 Å². The molecule has 0 aliphatic heterocycles. The fraction of sp³-hybridized carbons (Fsp3) is 0.125. The second-order valence-corrected chi connectivity index (χ2v) is 1.94. The Bertz CT molecular complexity index is 226. The largest absolute Gasteiger partial charge is 0.398 e. The van der Waals surface area contributed by atoms with E-state index in [1.54, 1.807) is 19.1 Å². The number of nitrogens with two attached hydrogens (primary N) is 2. The molecule has 11 heavy (non-hydrogen) atoms. The third kappa shape index (κ3) is 2.71. The van der Waals surface area contributed by atoms with Gasteiger partial charge in [-0.2, -0.15) is 0 Å². The summed E-state index contributed by atoms with van der Waals surface area (Å²) in [6.45, 7) is 5.21. The minimum Gasteiger partial charge on any atom is -0.398 e. The van der Waals surface area contributed by atoms with E-state index in [1.165, 1.54) is 6.08 Å². The van der Waals surface area contributed by atoms with E-state index < -0.39 is 5.91 Å². The van der Waals surface area contributed by atoms with Gasteiger partial charge in [0.15, 0.2) is 0 Å². The molecule has 4 N–H and O–H groups in total. The smallest absolute Gasteiger partial charge is 0.250 e. The lowest BCUT2D eigenvalue weighted by Gasteiger charge is -1.97. The van der Waals surface area contributed by atoms with Gasteiger partial charge >= 0.3 is 0 Å². The van der Waals surface area contributed by atoms with Crippen LogP contribution in [-0.4, -0.2) is 5.91 Å². The first-order chi connectivity index (χ1) is 5.13. The number of hydrogen-bond donors (Lipinski definition) is 2. The second kappa shape index (κ2) is 4.33. The lowest BCUT2D eigenvalue weighted by molar-refractivity contribution is -0.114. The van der Waals surface area contributed by atoms with Crippen molar-refractivity contribution in [3.05, 3.63) is 36.1 Å². The van der Waals surface area contributed by atoms with E-state index in [2.05, 4.69) is 6.58 Å². The predicted octanol–water partition coefficient (Wildman–Crippen LogP) is 0.447. The van der Waals surface area contributed by atoms with Gasteiger partial charge in [-0.05, 0) is 13.0 Å². The molecule has 0 saturated heterocycles. The Hall–Kier alpha value is -1.51. The summed E-state index contributed by atoms with van der Waals surface area (Å²) in [6.07, 6.45) is 4.67. The Labute approximate surface area is 66.1 Å². The fourth-order valence-electron chi connectivity index (χ4n) is 0.630. The lowest BCUT2D eigenvalue weighted by Crippen LogP contribution is -2.16. The molecule has 0 aliphatic carbocycles. The van der Waals surface area contributed by atoms with Gasteiger partial charge in [0.25, 0.3) is 5.91 Å². The van der Waals surface area contributed by atoms with Crippen LogP contribution in [0.3, 0.4) is 0 Å². The number of allylic oxidation sites excluding steroid dienone is 2.